The van der Waals surface area contributed by atoms with Crippen molar-refractivity contribution < 1.29 is 14.3 Å². The predicted octanol–water partition coefficient (Wildman–Crippen LogP) is 4.53. The maximum Gasteiger partial charge on any atom is 0.307 e. The molecule has 0 heterocycles. The van der Waals surface area contributed by atoms with Crippen LogP contribution < -0.4 is 11.1 Å². The number of hydrogen-bond donors (Lipinski definition) is 3. The van der Waals surface area contributed by atoms with Gasteiger partial charge in [0.1, 0.15) is 5.84 Å². The number of carbonyl (C=O) groups is 2. The lowest BCUT2D eigenvalue weighted by Gasteiger charge is -2.18. The zero-order chi connectivity index (χ0) is 23.9. The monoisotopic (exact) mass is 451 g/mol. The first-order chi connectivity index (χ1) is 16.0. The third-order valence-corrected chi connectivity index (χ3v) is 5.58. The number of amidine groups is 1. The fourth-order valence-electron chi connectivity index (χ4n) is 3.78. The van der Waals surface area contributed by atoms with Crippen molar-refractivity contribution in [3.63, 3.8) is 0 Å². The van der Waals surface area contributed by atoms with E-state index >= 15 is 0 Å². The van der Waals surface area contributed by atoms with Crippen LogP contribution in [0.25, 0.3) is 0 Å². The van der Waals surface area contributed by atoms with E-state index < -0.39 is 0 Å². The Hall–Kier alpha value is -3.15. The molecule has 0 saturated carbocycles. The maximum absolute atomic E-state index is 12.5. The molecule has 6 heteroatoms. The fourth-order valence-corrected chi connectivity index (χ4v) is 3.78. The van der Waals surface area contributed by atoms with Crippen molar-refractivity contribution >= 4 is 17.7 Å². The van der Waals surface area contributed by atoms with Crippen molar-refractivity contribution in [3.8, 4) is 0 Å². The van der Waals surface area contributed by atoms with Crippen LogP contribution in [-0.2, 0) is 27.2 Å². The summed E-state index contributed by atoms with van der Waals surface area (Å²) in [4.78, 5) is 24.5. The number of nitrogen functional groups attached to an aromatic ring is 1. The molecule has 0 bridgehead atoms. The van der Waals surface area contributed by atoms with Crippen molar-refractivity contribution in [2.75, 3.05) is 6.61 Å². The van der Waals surface area contributed by atoms with E-state index in [4.69, 9.17) is 15.9 Å². The predicted molar refractivity (Wildman–Crippen MR) is 132 cm³/mol. The summed E-state index contributed by atoms with van der Waals surface area (Å²) in [6, 6.07) is 17.8. The van der Waals surface area contributed by atoms with Crippen LogP contribution in [0.4, 0.5) is 0 Å². The Morgan fingerprint density at radius 3 is 2.21 bits per heavy atom. The Balaban J connectivity index is 1.72. The first kappa shape index (κ1) is 26.1. The summed E-state index contributed by atoms with van der Waals surface area (Å²) in [7, 11) is 0. The molecular formula is C27H37N3O3. The van der Waals surface area contributed by atoms with Crippen LogP contribution in [0.15, 0.2) is 54.6 Å². The van der Waals surface area contributed by atoms with Crippen LogP contribution in [0.2, 0.25) is 0 Å². The molecule has 33 heavy (non-hydrogen) atoms. The van der Waals surface area contributed by atoms with Crippen molar-refractivity contribution in [2.24, 2.45) is 5.73 Å². The van der Waals surface area contributed by atoms with E-state index in [1.165, 1.54) is 11.1 Å². The van der Waals surface area contributed by atoms with Crippen molar-refractivity contribution in [3.05, 3.63) is 71.3 Å². The quantitative estimate of drug-likeness (QED) is 0.160. The molecule has 0 radical (unpaired) electrons. The molecular weight excluding hydrogens is 414 g/mol. The van der Waals surface area contributed by atoms with Crippen molar-refractivity contribution in [1.82, 2.24) is 5.32 Å². The first-order valence-electron chi connectivity index (χ1n) is 11.9. The third kappa shape index (κ3) is 10.8. The molecule has 0 aliphatic heterocycles. The van der Waals surface area contributed by atoms with Crippen LogP contribution in [-0.4, -0.2) is 30.4 Å². The van der Waals surface area contributed by atoms with Crippen LogP contribution in [0.3, 0.4) is 0 Å². The number of nitrogens with two attached hydrogens (primary N) is 1. The Labute approximate surface area is 197 Å². The number of nitrogens with one attached hydrogen (secondary N) is 2. The largest absolute Gasteiger partial charge is 0.466 e. The number of carbonyl (C=O) groups excluding carboxylic acids is 2. The summed E-state index contributed by atoms with van der Waals surface area (Å²) >= 11 is 0. The molecule has 4 N–H and O–H groups in total. The average Bonchev–Trinajstić information content (AvgIpc) is 2.80. The van der Waals surface area contributed by atoms with E-state index in [9.17, 15) is 9.59 Å². The van der Waals surface area contributed by atoms with Gasteiger partial charge in [-0.25, -0.2) is 0 Å². The SMILES string of the molecule is CCOC(=O)CC(CCCCc1ccccc1)NC(=O)CCCCc1ccc(C(=N)N)cc1. The first-order valence-corrected chi connectivity index (χ1v) is 11.9. The second kappa shape index (κ2) is 14.8. The molecule has 0 aliphatic rings. The molecule has 2 rings (SSSR count). The number of rotatable bonds is 15. The van der Waals surface area contributed by atoms with Crippen LogP contribution >= 0.6 is 0 Å². The molecule has 1 atom stereocenters. The van der Waals surface area contributed by atoms with Crippen molar-refractivity contribution in [1.29, 1.82) is 5.41 Å². The molecule has 0 aromatic heterocycles. The molecule has 1 unspecified atom stereocenters. The summed E-state index contributed by atoms with van der Waals surface area (Å²) in [5, 5.41) is 10.5. The van der Waals surface area contributed by atoms with Gasteiger partial charge in [-0.3, -0.25) is 15.0 Å². The molecule has 0 fully saturated rings. The van der Waals surface area contributed by atoms with Gasteiger partial charge >= 0.3 is 5.97 Å². The fraction of sp³-hybridized carbons (Fsp3) is 0.444. The number of hydrogen-bond acceptors (Lipinski definition) is 4. The minimum absolute atomic E-state index is 0.0146. The van der Waals surface area contributed by atoms with Gasteiger partial charge in [0.25, 0.3) is 0 Å². The lowest BCUT2D eigenvalue weighted by atomic mass is 10.0. The Bertz CT molecular complexity index is 866. The van der Waals surface area contributed by atoms with Crippen molar-refractivity contribution in [2.45, 2.75) is 70.8 Å². The zero-order valence-electron chi connectivity index (χ0n) is 19.6. The van der Waals surface area contributed by atoms with E-state index in [-0.39, 0.29) is 30.2 Å². The number of amides is 1. The normalized spacial score (nSPS) is 11.5. The Kier molecular flexibility index (Phi) is 11.7. The van der Waals surface area contributed by atoms with Gasteiger partial charge in [-0.1, -0.05) is 61.0 Å². The highest BCUT2D eigenvalue weighted by Gasteiger charge is 2.17. The number of esters is 1. The topological polar surface area (TPSA) is 105 Å². The van der Waals surface area contributed by atoms with Gasteiger partial charge in [-0.05, 0) is 56.6 Å². The highest BCUT2D eigenvalue weighted by Crippen LogP contribution is 2.12. The summed E-state index contributed by atoms with van der Waals surface area (Å²) in [5.41, 5.74) is 8.67. The highest BCUT2D eigenvalue weighted by molar-refractivity contribution is 5.94. The molecule has 1 amide bonds. The van der Waals surface area contributed by atoms with Gasteiger partial charge in [-0.15, -0.1) is 0 Å². The lowest BCUT2D eigenvalue weighted by Crippen LogP contribution is -2.36. The number of unbranched alkanes of at least 4 members (excludes halogenated alkanes) is 2. The van der Waals surface area contributed by atoms with Gasteiger partial charge in [-0.2, -0.15) is 0 Å². The summed E-state index contributed by atoms with van der Waals surface area (Å²) < 4.78 is 5.09. The second-order valence-corrected chi connectivity index (χ2v) is 8.32. The van der Waals surface area contributed by atoms with E-state index in [2.05, 4.69) is 17.4 Å². The van der Waals surface area contributed by atoms with E-state index in [1.54, 1.807) is 6.92 Å². The molecule has 2 aromatic rings. The van der Waals surface area contributed by atoms with E-state index in [0.29, 0.717) is 13.0 Å². The number of benzene rings is 2. The maximum atomic E-state index is 12.5. The minimum atomic E-state index is -0.264. The van der Waals surface area contributed by atoms with Gasteiger partial charge in [0.05, 0.1) is 13.0 Å². The molecule has 0 spiro atoms. The second-order valence-electron chi connectivity index (χ2n) is 8.32. The van der Waals surface area contributed by atoms with Gasteiger partial charge < -0.3 is 15.8 Å². The summed E-state index contributed by atoms with van der Waals surface area (Å²) in [6.45, 7) is 2.14. The zero-order valence-corrected chi connectivity index (χ0v) is 19.6. The molecule has 0 aliphatic carbocycles. The van der Waals surface area contributed by atoms with E-state index in [0.717, 1.165) is 50.5 Å². The average molecular weight is 452 g/mol. The highest BCUT2D eigenvalue weighted by atomic mass is 16.5. The van der Waals surface area contributed by atoms with Gasteiger partial charge in [0.2, 0.25) is 5.91 Å². The van der Waals surface area contributed by atoms with Gasteiger partial charge in [0, 0.05) is 18.0 Å². The van der Waals surface area contributed by atoms with Gasteiger partial charge in [0.15, 0.2) is 0 Å². The summed E-state index contributed by atoms with van der Waals surface area (Å²) in [5.74, 6) is -0.213. The minimum Gasteiger partial charge on any atom is -0.466 e. The Morgan fingerprint density at radius 2 is 1.58 bits per heavy atom. The lowest BCUT2D eigenvalue weighted by molar-refractivity contribution is -0.143. The smallest absolute Gasteiger partial charge is 0.307 e. The van der Waals surface area contributed by atoms with Crippen LogP contribution in [0.5, 0.6) is 0 Å². The molecule has 2 aromatic carbocycles. The standard InChI is InChI=1S/C27H37N3O3/c1-2-33-26(32)20-24(14-8-6-12-21-10-4-3-5-11-21)30-25(31)15-9-7-13-22-16-18-23(19-17-22)27(28)29/h3-5,10-11,16-19,24H,2,6-9,12-15,20H2,1H3,(H3,28,29)(H,30,31). The number of ether oxygens (including phenoxy) is 1. The van der Waals surface area contributed by atoms with Crippen LogP contribution in [0, 0.1) is 5.41 Å². The Morgan fingerprint density at radius 1 is 0.939 bits per heavy atom. The number of aryl methyl sites for hydroxylation is 2. The summed E-state index contributed by atoms with van der Waals surface area (Å²) in [6.07, 6.45) is 6.91. The molecule has 0 saturated heterocycles. The van der Waals surface area contributed by atoms with Crippen LogP contribution in [0.1, 0.15) is 68.6 Å². The molecule has 178 valence electrons. The van der Waals surface area contributed by atoms with E-state index in [1.807, 2.05) is 42.5 Å². The third-order valence-electron chi connectivity index (χ3n) is 5.58. The molecule has 6 nitrogen and oxygen atoms in total.